The van der Waals surface area contributed by atoms with Crippen LogP contribution in [0.5, 0.6) is 0 Å². The van der Waals surface area contributed by atoms with Crippen molar-refractivity contribution < 1.29 is 13.2 Å². The Kier molecular flexibility index (Phi) is 3.91. The van der Waals surface area contributed by atoms with Gasteiger partial charge in [0.05, 0.1) is 20.6 Å². The molecule has 0 bridgehead atoms. The second-order valence-corrected chi connectivity index (χ2v) is 7.53. The van der Waals surface area contributed by atoms with Crippen molar-refractivity contribution in [2.45, 2.75) is 4.90 Å². The van der Waals surface area contributed by atoms with Gasteiger partial charge in [0.1, 0.15) is 5.75 Å². The first-order chi connectivity index (χ1) is 10.5. The number of thiazole rings is 1. The van der Waals surface area contributed by atoms with Crippen molar-refractivity contribution in [1.82, 2.24) is 4.98 Å². The minimum atomic E-state index is -3.63. The van der Waals surface area contributed by atoms with Gasteiger partial charge in [0.2, 0.25) is 5.91 Å². The van der Waals surface area contributed by atoms with Crippen LogP contribution in [-0.4, -0.2) is 25.1 Å². The molecule has 112 valence electrons. The first-order valence-corrected chi connectivity index (χ1v) is 8.99. The van der Waals surface area contributed by atoms with Crippen LogP contribution in [0.4, 0.5) is 5.69 Å². The molecule has 1 aromatic heterocycles. The van der Waals surface area contributed by atoms with Crippen LogP contribution in [0.1, 0.15) is 0 Å². The first-order valence-electron chi connectivity index (χ1n) is 6.45. The summed E-state index contributed by atoms with van der Waals surface area (Å²) in [5, 5.41) is 2.61. The van der Waals surface area contributed by atoms with Crippen LogP contribution in [0.3, 0.4) is 0 Å². The van der Waals surface area contributed by atoms with Crippen molar-refractivity contribution in [1.29, 1.82) is 0 Å². The van der Waals surface area contributed by atoms with Crippen LogP contribution in [0, 0.1) is 0 Å². The maximum Gasteiger partial charge on any atom is 0.239 e. The van der Waals surface area contributed by atoms with Gasteiger partial charge in [0.25, 0.3) is 0 Å². The van der Waals surface area contributed by atoms with Gasteiger partial charge in [0, 0.05) is 5.69 Å². The van der Waals surface area contributed by atoms with E-state index in [0.717, 1.165) is 10.2 Å². The normalized spacial score (nSPS) is 11.5. The molecule has 0 unspecified atom stereocenters. The minimum Gasteiger partial charge on any atom is -0.325 e. The number of nitrogens with zero attached hydrogens (tertiary/aromatic N) is 1. The van der Waals surface area contributed by atoms with Gasteiger partial charge in [-0.25, -0.2) is 13.4 Å². The van der Waals surface area contributed by atoms with E-state index >= 15 is 0 Å². The first kappa shape index (κ1) is 14.7. The van der Waals surface area contributed by atoms with Crippen molar-refractivity contribution in [3.8, 4) is 0 Å². The fourth-order valence-electron chi connectivity index (χ4n) is 2.01. The van der Waals surface area contributed by atoms with Crippen molar-refractivity contribution >= 4 is 43.0 Å². The fraction of sp³-hybridized carbons (Fsp3) is 0.0667. The monoisotopic (exact) mass is 332 g/mol. The summed E-state index contributed by atoms with van der Waals surface area (Å²) < 4.78 is 25.2. The Morgan fingerprint density at radius 3 is 2.68 bits per heavy atom. The van der Waals surface area contributed by atoms with Crippen molar-refractivity contribution in [2.24, 2.45) is 0 Å². The average Bonchev–Trinajstić information content (AvgIpc) is 2.95. The lowest BCUT2D eigenvalue weighted by atomic mass is 10.3. The summed E-state index contributed by atoms with van der Waals surface area (Å²) >= 11 is 1.46. The van der Waals surface area contributed by atoms with E-state index in [9.17, 15) is 13.2 Å². The third-order valence-electron chi connectivity index (χ3n) is 3.04. The predicted octanol–water partition coefficient (Wildman–Crippen LogP) is 2.71. The summed E-state index contributed by atoms with van der Waals surface area (Å²) in [4.78, 5) is 16.3. The molecule has 3 rings (SSSR count). The van der Waals surface area contributed by atoms with Gasteiger partial charge >= 0.3 is 0 Å². The van der Waals surface area contributed by atoms with Crippen LogP contribution in [0.15, 0.2) is 58.9 Å². The summed E-state index contributed by atoms with van der Waals surface area (Å²) in [6.45, 7) is 0. The summed E-state index contributed by atoms with van der Waals surface area (Å²) in [7, 11) is -3.63. The highest BCUT2D eigenvalue weighted by molar-refractivity contribution is 7.92. The Morgan fingerprint density at radius 1 is 1.14 bits per heavy atom. The molecule has 0 saturated carbocycles. The number of aromatic nitrogens is 1. The predicted molar refractivity (Wildman–Crippen MR) is 86.7 cm³/mol. The molecule has 3 aromatic rings. The summed E-state index contributed by atoms with van der Waals surface area (Å²) in [6, 6.07) is 13.2. The quantitative estimate of drug-likeness (QED) is 0.797. The van der Waals surface area contributed by atoms with Gasteiger partial charge in [-0.05, 0) is 30.3 Å². The lowest BCUT2D eigenvalue weighted by Crippen LogP contribution is -2.22. The molecule has 1 heterocycles. The third kappa shape index (κ3) is 3.15. The average molecular weight is 332 g/mol. The molecule has 7 heteroatoms. The van der Waals surface area contributed by atoms with Crippen LogP contribution >= 0.6 is 11.3 Å². The Morgan fingerprint density at radius 2 is 1.91 bits per heavy atom. The molecular formula is C15H12N2O3S2. The molecule has 0 aliphatic heterocycles. The fourth-order valence-corrected chi connectivity index (χ4v) is 3.89. The molecular weight excluding hydrogens is 320 g/mol. The molecule has 0 atom stereocenters. The van der Waals surface area contributed by atoms with Gasteiger partial charge in [0.15, 0.2) is 9.84 Å². The van der Waals surface area contributed by atoms with Crippen LogP contribution in [-0.2, 0) is 14.6 Å². The van der Waals surface area contributed by atoms with Crippen molar-refractivity contribution in [3.63, 3.8) is 0 Å². The topological polar surface area (TPSA) is 76.1 Å². The Balaban J connectivity index is 1.74. The highest BCUT2D eigenvalue weighted by atomic mass is 32.2. The van der Waals surface area contributed by atoms with E-state index in [1.54, 1.807) is 41.9 Å². The Bertz CT molecular complexity index is 918. The van der Waals surface area contributed by atoms with E-state index in [1.165, 1.54) is 23.5 Å². The highest BCUT2D eigenvalue weighted by Gasteiger charge is 2.19. The lowest BCUT2D eigenvalue weighted by Gasteiger charge is -2.06. The summed E-state index contributed by atoms with van der Waals surface area (Å²) in [5.74, 6) is -1.15. The number of hydrogen-bond acceptors (Lipinski definition) is 5. The van der Waals surface area contributed by atoms with Crippen molar-refractivity contribution in [2.75, 3.05) is 11.1 Å². The number of carbonyl (C=O) groups is 1. The van der Waals surface area contributed by atoms with E-state index in [4.69, 9.17) is 0 Å². The van der Waals surface area contributed by atoms with E-state index in [2.05, 4.69) is 10.3 Å². The molecule has 22 heavy (non-hydrogen) atoms. The maximum atomic E-state index is 12.1. The van der Waals surface area contributed by atoms with E-state index in [1.807, 2.05) is 0 Å². The summed E-state index contributed by atoms with van der Waals surface area (Å²) in [6.07, 6.45) is 0. The SMILES string of the molecule is O=C(CS(=O)(=O)c1ccccc1)Nc1ccc2ncsc2c1. The molecule has 1 N–H and O–H groups in total. The number of benzene rings is 2. The lowest BCUT2D eigenvalue weighted by molar-refractivity contribution is -0.113. The smallest absolute Gasteiger partial charge is 0.239 e. The third-order valence-corrected chi connectivity index (χ3v) is 5.46. The zero-order chi connectivity index (χ0) is 15.6. The molecule has 1 amide bonds. The zero-order valence-corrected chi connectivity index (χ0v) is 13.0. The summed E-state index contributed by atoms with van der Waals surface area (Å²) in [5.41, 5.74) is 3.13. The molecule has 0 aliphatic rings. The molecule has 0 fully saturated rings. The van der Waals surface area contributed by atoms with Gasteiger partial charge in [-0.1, -0.05) is 18.2 Å². The van der Waals surface area contributed by atoms with Crippen LogP contribution in [0.2, 0.25) is 0 Å². The Labute approximate surface area is 131 Å². The van der Waals surface area contributed by atoms with Crippen LogP contribution in [0.25, 0.3) is 10.2 Å². The number of carbonyl (C=O) groups excluding carboxylic acids is 1. The number of rotatable bonds is 4. The molecule has 5 nitrogen and oxygen atoms in total. The van der Waals surface area contributed by atoms with E-state index < -0.39 is 21.5 Å². The van der Waals surface area contributed by atoms with Crippen molar-refractivity contribution in [3.05, 3.63) is 54.0 Å². The second-order valence-electron chi connectivity index (χ2n) is 4.66. The van der Waals surface area contributed by atoms with Gasteiger partial charge in [-0.2, -0.15) is 0 Å². The standard InChI is InChI=1S/C15H12N2O3S2/c18-15(9-22(19,20)12-4-2-1-3-5-12)17-11-6-7-13-14(8-11)21-10-16-13/h1-8,10H,9H2,(H,17,18). The maximum absolute atomic E-state index is 12.1. The minimum absolute atomic E-state index is 0.142. The molecule has 0 spiro atoms. The van der Waals surface area contributed by atoms with E-state index in [-0.39, 0.29) is 4.90 Å². The highest BCUT2D eigenvalue weighted by Crippen LogP contribution is 2.22. The number of fused-ring (bicyclic) bond motifs is 1. The van der Waals surface area contributed by atoms with E-state index in [0.29, 0.717) is 5.69 Å². The molecule has 0 saturated heterocycles. The molecule has 0 radical (unpaired) electrons. The van der Waals surface area contributed by atoms with Gasteiger partial charge in [-0.3, -0.25) is 4.79 Å². The van der Waals surface area contributed by atoms with Gasteiger partial charge in [-0.15, -0.1) is 11.3 Å². The number of anilines is 1. The second kappa shape index (κ2) is 5.86. The molecule has 2 aromatic carbocycles. The zero-order valence-electron chi connectivity index (χ0n) is 11.4. The number of amides is 1. The largest absolute Gasteiger partial charge is 0.325 e. The Hall–Kier alpha value is -2.25. The van der Waals surface area contributed by atoms with Crippen LogP contribution < -0.4 is 5.32 Å². The van der Waals surface area contributed by atoms with Gasteiger partial charge < -0.3 is 5.32 Å². The molecule has 0 aliphatic carbocycles. The number of nitrogens with one attached hydrogen (secondary N) is 1. The number of hydrogen-bond donors (Lipinski definition) is 1. The number of sulfone groups is 1.